The Hall–Kier alpha value is -3.02. The summed E-state index contributed by atoms with van der Waals surface area (Å²) < 4.78 is 13.0. The van der Waals surface area contributed by atoms with Crippen molar-refractivity contribution in [3.63, 3.8) is 0 Å². The van der Waals surface area contributed by atoms with E-state index in [0.717, 1.165) is 12.8 Å². The predicted octanol–water partition coefficient (Wildman–Crippen LogP) is 4.42. The molecule has 9 atom stereocenters. The molecule has 1 aromatic rings. The number of hydrogen-bond donors (Lipinski definition) is 1. The molecule has 3 aliphatic heterocycles. The fourth-order valence-corrected chi connectivity index (χ4v) is 8.46. The summed E-state index contributed by atoms with van der Waals surface area (Å²) in [5.74, 6) is -3.36. The van der Waals surface area contributed by atoms with Gasteiger partial charge in [-0.2, -0.15) is 0 Å². The number of rotatable bonds is 17. The van der Waals surface area contributed by atoms with Gasteiger partial charge in [0.25, 0.3) is 0 Å². The number of alkyl halides is 1. The van der Waals surface area contributed by atoms with Crippen LogP contribution in [-0.4, -0.2) is 105 Å². The van der Waals surface area contributed by atoms with Gasteiger partial charge in [-0.15, -0.1) is 13.2 Å². The molecule has 1 N–H and O–H groups in total. The summed E-state index contributed by atoms with van der Waals surface area (Å²) in [6, 6.07) is 7.06. The summed E-state index contributed by atoms with van der Waals surface area (Å²) in [5.41, 5.74) is -0.573. The third-order valence-corrected chi connectivity index (χ3v) is 11.0. The Morgan fingerprint density at radius 3 is 2.51 bits per heavy atom. The summed E-state index contributed by atoms with van der Waals surface area (Å²) in [6.07, 6.45) is 5.04. The van der Waals surface area contributed by atoms with Gasteiger partial charge >= 0.3 is 5.97 Å². The SMILES string of the molecule is C=CCCC(=O)N(C)[C@H](C)[C@H](OC(=O)[C@@H]1[C@H]2O[C@@]3(CC2Br)[C@H](C(=O)N(CC=C)CCCC)N([C@@H](CC)CO)C(=O)[C@@H]13)c1ccccc1. The highest BCUT2D eigenvalue weighted by Crippen LogP contribution is 2.61. The number of benzene rings is 1. The van der Waals surface area contributed by atoms with Gasteiger partial charge in [0.05, 0.1) is 36.6 Å². The summed E-state index contributed by atoms with van der Waals surface area (Å²) in [6.45, 7) is 13.7. The third kappa shape index (κ3) is 6.94. The van der Waals surface area contributed by atoms with Crippen LogP contribution in [0.4, 0.5) is 0 Å². The van der Waals surface area contributed by atoms with Crippen molar-refractivity contribution in [3.05, 3.63) is 61.2 Å². The number of nitrogens with zero attached hydrogens (tertiary/aromatic N) is 3. The number of unbranched alkanes of at least 4 members (excludes halogenated alkanes) is 1. The van der Waals surface area contributed by atoms with Gasteiger partial charge in [0.2, 0.25) is 17.7 Å². The van der Waals surface area contributed by atoms with Gasteiger partial charge in [0.15, 0.2) is 0 Å². The highest BCUT2D eigenvalue weighted by molar-refractivity contribution is 9.09. The average molecular weight is 717 g/mol. The summed E-state index contributed by atoms with van der Waals surface area (Å²) >= 11 is 3.73. The minimum absolute atomic E-state index is 0.109. The van der Waals surface area contributed by atoms with Crippen molar-refractivity contribution in [3.8, 4) is 0 Å². The zero-order valence-electron chi connectivity index (χ0n) is 28.1. The van der Waals surface area contributed by atoms with Gasteiger partial charge in [0, 0.05) is 31.4 Å². The standard InChI is InChI=1S/C36H50BrN3O7/c1-7-11-18-27(42)38(6)23(5)30(24-16-14-13-15-17-24)46-35(45)28-29-33(43)40(25(10-4)22-41)32(36(29)21-26(37)31(28)47-36)34(44)39(19-9-3)20-12-8-2/h7,9,13-17,23,25-26,28-32,41H,1,3,8,10-12,18-22H2,2,4-6H3/t23-,25+,26?,28+,29-,30+,31+,32+,36-/m1/s1. The van der Waals surface area contributed by atoms with Gasteiger partial charge in [-0.3, -0.25) is 19.2 Å². The van der Waals surface area contributed by atoms with Gasteiger partial charge in [0.1, 0.15) is 17.7 Å². The van der Waals surface area contributed by atoms with E-state index in [1.807, 2.05) is 51.1 Å². The number of halogens is 1. The molecule has 1 unspecified atom stereocenters. The topological polar surface area (TPSA) is 117 Å². The van der Waals surface area contributed by atoms with Crippen LogP contribution in [0.5, 0.6) is 0 Å². The molecule has 1 aromatic carbocycles. The van der Waals surface area contributed by atoms with Crippen LogP contribution in [0, 0.1) is 11.8 Å². The monoisotopic (exact) mass is 715 g/mol. The molecule has 0 aromatic heterocycles. The van der Waals surface area contributed by atoms with Gasteiger partial charge in [-0.1, -0.05) is 78.7 Å². The van der Waals surface area contributed by atoms with Crippen molar-refractivity contribution in [2.24, 2.45) is 11.8 Å². The van der Waals surface area contributed by atoms with E-state index in [9.17, 15) is 24.3 Å². The van der Waals surface area contributed by atoms with Crippen LogP contribution < -0.4 is 0 Å². The van der Waals surface area contributed by atoms with Crippen molar-refractivity contribution < 1.29 is 33.8 Å². The van der Waals surface area contributed by atoms with Crippen molar-refractivity contribution in [1.29, 1.82) is 0 Å². The molecule has 47 heavy (non-hydrogen) atoms. The number of esters is 1. The number of amides is 3. The van der Waals surface area contributed by atoms with E-state index in [0.29, 0.717) is 37.9 Å². The van der Waals surface area contributed by atoms with Gasteiger partial charge in [-0.05, 0) is 38.2 Å². The van der Waals surface area contributed by atoms with E-state index in [1.165, 1.54) is 4.90 Å². The molecule has 258 valence electrons. The number of likely N-dealkylation sites (tertiary alicyclic amines) is 1. The zero-order chi connectivity index (χ0) is 34.5. The molecule has 0 radical (unpaired) electrons. The zero-order valence-corrected chi connectivity index (χ0v) is 29.6. The predicted molar refractivity (Wildman–Crippen MR) is 182 cm³/mol. The first kappa shape index (κ1) is 36.8. The Morgan fingerprint density at radius 2 is 1.91 bits per heavy atom. The second-order valence-electron chi connectivity index (χ2n) is 12.9. The minimum Gasteiger partial charge on any atom is -0.455 e. The summed E-state index contributed by atoms with van der Waals surface area (Å²) in [4.78, 5) is 60.8. The van der Waals surface area contributed by atoms with E-state index in [1.54, 1.807) is 29.0 Å². The van der Waals surface area contributed by atoms with E-state index < -0.39 is 53.7 Å². The van der Waals surface area contributed by atoms with Crippen LogP contribution in [0.1, 0.15) is 71.0 Å². The maximum absolute atomic E-state index is 14.5. The molecule has 3 amide bonds. The molecule has 1 spiro atoms. The van der Waals surface area contributed by atoms with Crippen molar-refractivity contribution >= 4 is 39.6 Å². The van der Waals surface area contributed by atoms with Crippen LogP contribution in [-0.2, 0) is 28.7 Å². The number of hydrogen-bond acceptors (Lipinski definition) is 7. The molecule has 3 saturated heterocycles. The highest BCUT2D eigenvalue weighted by Gasteiger charge is 2.77. The quantitative estimate of drug-likeness (QED) is 0.144. The molecule has 0 saturated carbocycles. The van der Waals surface area contributed by atoms with Gasteiger partial charge < -0.3 is 29.3 Å². The summed E-state index contributed by atoms with van der Waals surface area (Å²) in [7, 11) is 1.69. The number of ether oxygens (including phenoxy) is 2. The molecule has 3 heterocycles. The molecule has 4 rings (SSSR count). The van der Waals surface area contributed by atoms with E-state index in [4.69, 9.17) is 9.47 Å². The lowest BCUT2D eigenvalue weighted by Gasteiger charge is -2.39. The number of allylic oxidation sites excluding steroid dienone is 1. The van der Waals surface area contributed by atoms with Crippen LogP contribution in [0.3, 0.4) is 0 Å². The molecule has 11 heteroatoms. The summed E-state index contributed by atoms with van der Waals surface area (Å²) in [5, 5.41) is 10.4. The molecule has 3 fully saturated rings. The van der Waals surface area contributed by atoms with E-state index in [2.05, 4.69) is 29.1 Å². The molecule has 0 aliphatic carbocycles. The Labute approximate surface area is 287 Å². The number of carbonyl (C=O) groups is 4. The normalized spacial score (nSPS) is 27.9. The fraction of sp³-hybridized carbons (Fsp3) is 0.611. The molecule has 10 nitrogen and oxygen atoms in total. The Bertz CT molecular complexity index is 1310. The van der Waals surface area contributed by atoms with E-state index in [-0.39, 0.29) is 35.6 Å². The largest absolute Gasteiger partial charge is 0.455 e. The Kier molecular flexibility index (Phi) is 12.5. The third-order valence-electron chi connectivity index (χ3n) is 10.1. The van der Waals surface area contributed by atoms with Crippen molar-refractivity contribution in [2.45, 2.75) is 100 Å². The average Bonchev–Trinajstić information content (AvgIpc) is 3.67. The number of aliphatic hydroxyl groups is 1. The lowest BCUT2D eigenvalue weighted by atomic mass is 9.70. The van der Waals surface area contributed by atoms with Crippen LogP contribution in [0.25, 0.3) is 0 Å². The second kappa shape index (κ2) is 15.9. The molecular weight excluding hydrogens is 666 g/mol. The molecular formula is C36H50BrN3O7. The Morgan fingerprint density at radius 1 is 1.21 bits per heavy atom. The second-order valence-corrected chi connectivity index (χ2v) is 14.1. The van der Waals surface area contributed by atoms with Gasteiger partial charge in [-0.25, -0.2) is 0 Å². The molecule has 3 aliphatic rings. The minimum atomic E-state index is -1.28. The van der Waals surface area contributed by atoms with Crippen molar-refractivity contribution in [1.82, 2.24) is 14.7 Å². The number of aliphatic hydroxyl groups excluding tert-OH is 1. The molecule has 2 bridgehead atoms. The Balaban J connectivity index is 1.73. The van der Waals surface area contributed by atoms with Crippen LogP contribution in [0.15, 0.2) is 55.6 Å². The lowest BCUT2D eigenvalue weighted by molar-refractivity contribution is -0.165. The smallest absolute Gasteiger partial charge is 0.313 e. The number of fused-ring (bicyclic) bond motifs is 1. The van der Waals surface area contributed by atoms with Crippen LogP contribution in [0.2, 0.25) is 0 Å². The van der Waals surface area contributed by atoms with Crippen molar-refractivity contribution in [2.75, 3.05) is 26.7 Å². The first-order valence-electron chi connectivity index (χ1n) is 16.8. The first-order valence-corrected chi connectivity index (χ1v) is 17.7. The van der Waals surface area contributed by atoms with E-state index >= 15 is 0 Å². The maximum atomic E-state index is 14.5. The lowest BCUT2D eigenvalue weighted by Crippen LogP contribution is -2.59. The number of carbonyl (C=O) groups excluding carboxylic acids is 4. The fourth-order valence-electron chi connectivity index (χ4n) is 7.52. The number of likely N-dealkylation sites (N-methyl/N-ethyl adjacent to an activating group) is 1. The maximum Gasteiger partial charge on any atom is 0.313 e. The first-order chi connectivity index (χ1) is 22.5. The van der Waals surface area contributed by atoms with Crippen LogP contribution >= 0.6 is 15.9 Å². The highest BCUT2D eigenvalue weighted by atomic mass is 79.9.